The molecule has 0 unspecified atom stereocenters. The average molecular weight is 374 g/mol. The largest absolute Gasteiger partial charge is 0.493 e. The van der Waals surface area contributed by atoms with Gasteiger partial charge in [0.2, 0.25) is 12.0 Å². The van der Waals surface area contributed by atoms with Crippen LogP contribution in [-0.2, 0) is 9.47 Å². The number of rotatable bonds is 6. The Kier molecular flexibility index (Phi) is 6.62. The van der Waals surface area contributed by atoms with Gasteiger partial charge in [0, 0.05) is 0 Å². The van der Waals surface area contributed by atoms with Crippen LogP contribution < -0.4 is 14.2 Å². The summed E-state index contributed by atoms with van der Waals surface area (Å²) in [6.45, 7) is -0.636. The molecule has 26 heavy (non-hydrogen) atoms. The number of aliphatic hydroxyl groups is 4. The lowest BCUT2D eigenvalue weighted by Gasteiger charge is -2.39. The van der Waals surface area contributed by atoms with Gasteiger partial charge >= 0.3 is 5.97 Å². The van der Waals surface area contributed by atoms with Crippen molar-refractivity contribution in [1.29, 1.82) is 0 Å². The van der Waals surface area contributed by atoms with Crippen LogP contribution in [0, 0.1) is 0 Å². The quantitative estimate of drug-likeness (QED) is 0.442. The molecule has 0 bridgehead atoms. The molecule has 1 aliphatic rings. The van der Waals surface area contributed by atoms with Crippen LogP contribution in [0.25, 0.3) is 0 Å². The van der Waals surface area contributed by atoms with Crippen molar-refractivity contribution in [2.45, 2.75) is 30.7 Å². The molecule has 1 aliphatic heterocycles. The predicted octanol–water partition coefficient (Wildman–Crippen LogP) is -1.33. The van der Waals surface area contributed by atoms with Gasteiger partial charge in [-0.3, -0.25) is 0 Å². The summed E-state index contributed by atoms with van der Waals surface area (Å²) in [5, 5.41) is 38.6. The average Bonchev–Trinajstić information content (AvgIpc) is 2.66. The topological polar surface area (TPSA) is 144 Å². The maximum absolute atomic E-state index is 12.4. The summed E-state index contributed by atoms with van der Waals surface area (Å²) in [5.41, 5.74) is 0.0106. The fraction of sp³-hybridized carbons (Fsp3) is 0.562. The summed E-state index contributed by atoms with van der Waals surface area (Å²) in [6, 6.07) is 2.68. The Morgan fingerprint density at radius 2 is 1.58 bits per heavy atom. The third-order valence-electron chi connectivity index (χ3n) is 3.97. The van der Waals surface area contributed by atoms with Crippen LogP contribution in [0.5, 0.6) is 17.2 Å². The summed E-state index contributed by atoms with van der Waals surface area (Å²) < 4.78 is 25.7. The van der Waals surface area contributed by atoms with Crippen LogP contribution in [-0.4, -0.2) is 85.0 Å². The lowest BCUT2D eigenvalue weighted by atomic mass is 9.99. The van der Waals surface area contributed by atoms with E-state index in [1.165, 1.54) is 33.5 Å². The van der Waals surface area contributed by atoms with Crippen LogP contribution in [0.15, 0.2) is 12.1 Å². The van der Waals surface area contributed by atoms with Crippen molar-refractivity contribution in [3.05, 3.63) is 17.7 Å². The Bertz CT molecular complexity index is 606. The van der Waals surface area contributed by atoms with Gasteiger partial charge in [0.1, 0.15) is 24.4 Å². The molecular formula is C16H22O10. The third-order valence-corrected chi connectivity index (χ3v) is 3.97. The minimum absolute atomic E-state index is 0.0106. The molecule has 0 aliphatic carbocycles. The first-order valence-electron chi connectivity index (χ1n) is 7.69. The van der Waals surface area contributed by atoms with E-state index >= 15 is 0 Å². The molecule has 0 radical (unpaired) electrons. The zero-order chi connectivity index (χ0) is 19.4. The third kappa shape index (κ3) is 3.84. The normalized spacial score (nSPS) is 28.3. The molecule has 2 rings (SSSR count). The summed E-state index contributed by atoms with van der Waals surface area (Å²) in [7, 11) is 4.17. The van der Waals surface area contributed by atoms with E-state index in [0.29, 0.717) is 0 Å². The van der Waals surface area contributed by atoms with Crippen molar-refractivity contribution < 1.29 is 48.9 Å². The summed E-state index contributed by atoms with van der Waals surface area (Å²) >= 11 is 0. The van der Waals surface area contributed by atoms with Crippen LogP contribution >= 0.6 is 0 Å². The SMILES string of the molecule is COc1cc(C(=O)O[C@@H]2O[C@@H](CO)[C@@H](O)[C@@H](O)[C@H]2O)cc(OC)c1OC. The lowest BCUT2D eigenvalue weighted by molar-refractivity contribution is -0.285. The first kappa shape index (κ1) is 20.2. The van der Waals surface area contributed by atoms with Crippen LogP contribution in [0.1, 0.15) is 10.4 Å². The van der Waals surface area contributed by atoms with Gasteiger partial charge in [-0.25, -0.2) is 4.79 Å². The van der Waals surface area contributed by atoms with Crippen molar-refractivity contribution in [2.24, 2.45) is 0 Å². The highest BCUT2D eigenvalue weighted by Gasteiger charge is 2.45. The number of hydrogen-bond acceptors (Lipinski definition) is 10. The predicted molar refractivity (Wildman–Crippen MR) is 85.3 cm³/mol. The Labute approximate surface area is 149 Å². The molecule has 0 aromatic heterocycles. The standard InChI is InChI=1S/C16H22O10/c1-22-8-4-7(5-9(23-2)14(8)24-3)15(21)26-16-13(20)12(19)11(18)10(6-17)25-16/h4-5,10-13,16-20H,6H2,1-3H3/t10-,11+,12+,13+,16-/m0/s1. The fourth-order valence-electron chi connectivity index (χ4n) is 2.54. The van der Waals surface area contributed by atoms with E-state index in [2.05, 4.69) is 0 Å². The Hall–Kier alpha value is -2.11. The highest BCUT2D eigenvalue weighted by molar-refractivity contribution is 5.91. The first-order valence-corrected chi connectivity index (χ1v) is 7.69. The smallest absolute Gasteiger partial charge is 0.340 e. The second-order valence-corrected chi connectivity index (χ2v) is 5.52. The van der Waals surface area contributed by atoms with Crippen LogP contribution in [0.3, 0.4) is 0 Å². The maximum atomic E-state index is 12.4. The van der Waals surface area contributed by atoms with Crippen molar-refractivity contribution >= 4 is 5.97 Å². The maximum Gasteiger partial charge on any atom is 0.340 e. The van der Waals surface area contributed by atoms with E-state index in [0.717, 1.165) is 0 Å². The fourth-order valence-corrected chi connectivity index (χ4v) is 2.54. The van der Waals surface area contributed by atoms with Gasteiger partial charge in [0.25, 0.3) is 0 Å². The highest BCUT2D eigenvalue weighted by atomic mass is 16.7. The summed E-state index contributed by atoms with van der Waals surface area (Å²) in [5.74, 6) is -0.201. The molecule has 1 fully saturated rings. The van der Waals surface area contributed by atoms with Gasteiger partial charge in [-0.2, -0.15) is 0 Å². The van der Waals surface area contributed by atoms with Crippen molar-refractivity contribution in [3.63, 3.8) is 0 Å². The van der Waals surface area contributed by atoms with E-state index in [9.17, 15) is 20.1 Å². The molecule has 0 spiro atoms. The first-order chi connectivity index (χ1) is 12.4. The number of ether oxygens (including phenoxy) is 5. The molecule has 10 nitrogen and oxygen atoms in total. The molecule has 5 atom stereocenters. The zero-order valence-electron chi connectivity index (χ0n) is 14.5. The number of methoxy groups -OCH3 is 3. The zero-order valence-corrected chi connectivity index (χ0v) is 14.5. The van der Waals surface area contributed by atoms with Gasteiger partial charge in [0.15, 0.2) is 11.5 Å². The molecule has 1 aromatic carbocycles. The molecule has 1 aromatic rings. The number of benzene rings is 1. The van der Waals surface area contributed by atoms with Gasteiger partial charge < -0.3 is 44.1 Å². The van der Waals surface area contributed by atoms with Crippen LogP contribution in [0.4, 0.5) is 0 Å². The molecule has 146 valence electrons. The van der Waals surface area contributed by atoms with E-state index in [1.54, 1.807) is 0 Å². The van der Waals surface area contributed by atoms with Crippen molar-refractivity contribution in [2.75, 3.05) is 27.9 Å². The van der Waals surface area contributed by atoms with Crippen molar-refractivity contribution in [1.82, 2.24) is 0 Å². The van der Waals surface area contributed by atoms with Gasteiger partial charge in [-0.1, -0.05) is 0 Å². The molecule has 0 amide bonds. The number of esters is 1. The molecular weight excluding hydrogens is 352 g/mol. The second-order valence-electron chi connectivity index (χ2n) is 5.52. The monoisotopic (exact) mass is 374 g/mol. The molecule has 1 saturated heterocycles. The van der Waals surface area contributed by atoms with Gasteiger partial charge in [-0.15, -0.1) is 0 Å². The number of carbonyl (C=O) groups excluding carboxylic acids is 1. The number of aliphatic hydroxyl groups excluding tert-OH is 4. The molecule has 4 N–H and O–H groups in total. The van der Waals surface area contributed by atoms with E-state index in [4.69, 9.17) is 28.8 Å². The minimum atomic E-state index is -1.70. The Morgan fingerprint density at radius 1 is 1.00 bits per heavy atom. The summed E-state index contributed by atoms with van der Waals surface area (Å²) in [6.07, 6.45) is -7.67. The summed E-state index contributed by atoms with van der Waals surface area (Å²) in [4.78, 5) is 12.4. The van der Waals surface area contributed by atoms with Crippen molar-refractivity contribution in [3.8, 4) is 17.2 Å². The van der Waals surface area contributed by atoms with Gasteiger partial charge in [-0.05, 0) is 12.1 Å². The van der Waals surface area contributed by atoms with E-state index in [1.807, 2.05) is 0 Å². The molecule has 1 heterocycles. The van der Waals surface area contributed by atoms with E-state index < -0.39 is 43.3 Å². The van der Waals surface area contributed by atoms with Gasteiger partial charge in [0.05, 0.1) is 33.5 Å². The number of hydrogen-bond donors (Lipinski definition) is 4. The molecule has 10 heteroatoms. The lowest BCUT2D eigenvalue weighted by Crippen LogP contribution is -2.59. The van der Waals surface area contributed by atoms with E-state index in [-0.39, 0.29) is 22.8 Å². The highest BCUT2D eigenvalue weighted by Crippen LogP contribution is 2.38. The Morgan fingerprint density at radius 3 is 2.04 bits per heavy atom. The van der Waals surface area contributed by atoms with Crippen LogP contribution in [0.2, 0.25) is 0 Å². The second kappa shape index (κ2) is 8.52. The Balaban J connectivity index is 2.24. The number of carbonyl (C=O) groups is 1. The minimum Gasteiger partial charge on any atom is -0.493 e. The molecule has 0 saturated carbocycles.